The first-order valence-corrected chi connectivity index (χ1v) is 9.98. The molecule has 160 valence electrons. The molecule has 7 heteroatoms. The molecule has 0 atom stereocenters. The molecule has 6 nitrogen and oxygen atoms in total. The zero-order chi connectivity index (χ0) is 20.3. The molecule has 0 aliphatic carbocycles. The highest BCUT2D eigenvalue weighted by atomic mass is 127. The first kappa shape index (κ1) is 23.7. The fraction of sp³-hybridized carbons (Fsp3) is 0.304. The number of benzene rings is 2. The molecule has 0 aliphatic heterocycles. The average molecular weight is 519 g/mol. The molecule has 0 fully saturated rings. The van der Waals surface area contributed by atoms with Gasteiger partial charge in [0.1, 0.15) is 12.4 Å². The molecule has 0 spiro atoms. The summed E-state index contributed by atoms with van der Waals surface area (Å²) in [5, 5.41) is 6.59. The van der Waals surface area contributed by atoms with E-state index < -0.39 is 0 Å². The summed E-state index contributed by atoms with van der Waals surface area (Å²) in [7, 11) is 0. The van der Waals surface area contributed by atoms with Gasteiger partial charge in [-0.05, 0) is 37.1 Å². The fourth-order valence-electron chi connectivity index (χ4n) is 2.83. The molecule has 3 rings (SSSR count). The number of hydrogen-bond acceptors (Lipinski definition) is 3. The van der Waals surface area contributed by atoms with E-state index in [-0.39, 0.29) is 24.0 Å². The van der Waals surface area contributed by atoms with Gasteiger partial charge in [0.2, 0.25) is 0 Å². The Labute approximate surface area is 195 Å². The lowest BCUT2D eigenvalue weighted by Gasteiger charge is -2.12. The molecule has 0 unspecified atom stereocenters. The van der Waals surface area contributed by atoms with Gasteiger partial charge in [-0.3, -0.25) is 0 Å². The Kier molecular flexibility index (Phi) is 10.2. The van der Waals surface area contributed by atoms with Crippen molar-refractivity contribution < 1.29 is 4.74 Å². The van der Waals surface area contributed by atoms with Crippen LogP contribution in [0.4, 0.5) is 0 Å². The second-order valence-electron chi connectivity index (χ2n) is 6.83. The van der Waals surface area contributed by atoms with Crippen molar-refractivity contribution in [1.29, 1.82) is 0 Å². The van der Waals surface area contributed by atoms with Crippen LogP contribution >= 0.6 is 24.0 Å². The minimum absolute atomic E-state index is 0. The number of nitrogens with one attached hydrogen (secondary N) is 2. The number of aryl methyl sites for hydroxylation is 1. The minimum atomic E-state index is 0. The number of hydrogen-bond donors (Lipinski definition) is 2. The summed E-state index contributed by atoms with van der Waals surface area (Å²) >= 11 is 0. The number of rotatable bonds is 9. The summed E-state index contributed by atoms with van der Waals surface area (Å²) in [5.74, 6) is 1.68. The molecule has 0 saturated carbocycles. The summed E-state index contributed by atoms with van der Waals surface area (Å²) < 4.78 is 7.81. The van der Waals surface area contributed by atoms with Crippen LogP contribution in [0.15, 0.2) is 72.2 Å². The second kappa shape index (κ2) is 12.9. The quantitative estimate of drug-likeness (QED) is 0.194. The van der Waals surface area contributed by atoms with Crippen molar-refractivity contribution in [3.8, 4) is 5.75 Å². The van der Waals surface area contributed by atoms with Crippen LogP contribution in [0.3, 0.4) is 0 Å². The molecule has 1 aromatic heterocycles. The van der Waals surface area contributed by atoms with Crippen molar-refractivity contribution in [2.45, 2.75) is 26.9 Å². The highest BCUT2D eigenvalue weighted by Gasteiger charge is 2.00. The van der Waals surface area contributed by atoms with E-state index in [9.17, 15) is 0 Å². The molecule has 2 N–H and O–H groups in total. The lowest BCUT2D eigenvalue weighted by Crippen LogP contribution is -2.39. The van der Waals surface area contributed by atoms with Crippen LogP contribution in [0.1, 0.15) is 23.6 Å². The summed E-state index contributed by atoms with van der Waals surface area (Å²) in [4.78, 5) is 8.74. The van der Waals surface area contributed by atoms with Crippen LogP contribution in [0.5, 0.6) is 5.75 Å². The monoisotopic (exact) mass is 519 g/mol. The molecule has 1 heterocycles. The third kappa shape index (κ3) is 8.06. The summed E-state index contributed by atoms with van der Waals surface area (Å²) in [5.41, 5.74) is 3.65. The zero-order valence-corrected chi connectivity index (χ0v) is 19.9. The number of aliphatic imine (C=N–C) groups is 1. The van der Waals surface area contributed by atoms with E-state index in [1.165, 1.54) is 16.7 Å². The van der Waals surface area contributed by atoms with Crippen LogP contribution in [-0.4, -0.2) is 35.2 Å². The van der Waals surface area contributed by atoms with Crippen LogP contribution in [0.25, 0.3) is 0 Å². The number of nitrogens with zero attached hydrogens (tertiary/aromatic N) is 3. The van der Waals surface area contributed by atoms with Crippen LogP contribution < -0.4 is 15.4 Å². The Bertz CT molecular complexity index is 877. The van der Waals surface area contributed by atoms with E-state index in [1.54, 1.807) is 6.20 Å². The molecule has 0 radical (unpaired) electrons. The van der Waals surface area contributed by atoms with Gasteiger partial charge in [-0.15, -0.1) is 24.0 Å². The largest absolute Gasteiger partial charge is 0.492 e. The van der Waals surface area contributed by atoms with Gasteiger partial charge in [0.15, 0.2) is 5.96 Å². The molecule has 0 bridgehead atoms. The van der Waals surface area contributed by atoms with Gasteiger partial charge >= 0.3 is 0 Å². The van der Waals surface area contributed by atoms with Crippen LogP contribution in [0.2, 0.25) is 0 Å². The normalized spacial score (nSPS) is 10.9. The van der Waals surface area contributed by atoms with Gasteiger partial charge in [-0.2, -0.15) is 0 Å². The summed E-state index contributed by atoms with van der Waals surface area (Å²) in [6.45, 7) is 7.66. The average Bonchev–Trinajstić information content (AvgIpc) is 3.25. The van der Waals surface area contributed by atoms with E-state index >= 15 is 0 Å². The van der Waals surface area contributed by atoms with E-state index in [0.717, 1.165) is 24.8 Å². The van der Waals surface area contributed by atoms with E-state index in [0.29, 0.717) is 19.7 Å². The van der Waals surface area contributed by atoms with Gasteiger partial charge in [-0.1, -0.05) is 42.0 Å². The molecule has 30 heavy (non-hydrogen) atoms. The number of halogens is 1. The number of aromatic nitrogens is 2. The Morgan fingerprint density at radius 2 is 1.77 bits per heavy atom. The second-order valence-corrected chi connectivity index (χ2v) is 6.83. The van der Waals surface area contributed by atoms with E-state index in [2.05, 4.69) is 75.4 Å². The molecule has 3 aromatic rings. The van der Waals surface area contributed by atoms with Gasteiger partial charge < -0.3 is 19.9 Å². The van der Waals surface area contributed by atoms with Crippen LogP contribution in [0, 0.1) is 6.92 Å². The summed E-state index contributed by atoms with van der Waals surface area (Å²) in [6, 6.07) is 16.6. The van der Waals surface area contributed by atoms with Gasteiger partial charge in [0, 0.05) is 25.5 Å². The van der Waals surface area contributed by atoms with Crippen molar-refractivity contribution in [1.82, 2.24) is 20.2 Å². The lowest BCUT2D eigenvalue weighted by atomic mass is 10.1. The Morgan fingerprint density at radius 1 is 1.03 bits per heavy atom. The molecular weight excluding hydrogens is 489 g/mol. The highest BCUT2D eigenvalue weighted by molar-refractivity contribution is 14.0. The van der Waals surface area contributed by atoms with Gasteiger partial charge in [0.25, 0.3) is 0 Å². The van der Waals surface area contributed by atoms with Crippen molar-refractivity contribution >= 4 is 29.9 Å². The Balaban J connectivity index is 0.00000320. The van der Waals surface area contributed by atoms with Crippen molar-refractivity contribution in [3.05, 3.63) is 83.9 Å². The molecule has 0 saturated heterocycles. The number of guanidine groups is 1. The topological polar surface area (TPSA) is 63.5 Å². The maximum atomic E-state index is 5.76. The SMILES string of the molecule is CCNC(=NCc1ccc(Cn2ccnc2)cc1)NCCOc1ccc(C)cc1.I. The van der Waals surface area contributed by atoms with E-state index in [1.807, 2.05) is 24.7 Å². The van der Waals surface area contributed by atoms with Crippen LogP contribution in [-0.2, 0) is 13.1 Å². The maximum absolute atomic E-state index is 5.76. The van der Waals surface area contributed by atoms with Gasteiger partial charge in [-0.25, -0.2) is 9.98 Å². The maximum Gasteiger partial charge on any atom is 0.191 e. The fourth-order valence-corrected chi connectivity index (χ4v) is 2.83. The first-order chi connectivity index (χ1) is 14.2. The molecule has 0 amide bonds. The van der Waals surface area contributed by atoms with Crippen molar-refractivity contribution in [2.24, 2.45) is 4.99 Å². The smallest absolute Gasteiger partial charge is 0.191 e. The Morgan fingerprint density at radius 3 is 2.43 bits per heavy atom. The standard InChI is InChI=1S/C23H29N5O.HI/c1-3-25-23(26-13-15-29-22-10-4-19(2)5-11-22)27-16-20-6-8-21(9-7-20)17-28-14-12-24-18-28;/h4-12,14,18H,3,13,15-17H2,1-2H3,(H2,25,26,27);1H. The first-order valence-electron chi connectivity index (χ1n) is 9.98. The predicted octanol–water partition coefficient (Wildman–Crippen LogP) is 3.99. The Hall–Kier alpha value is -2.55. The third-order valence-electron chi connectivity index (χ3n) is 4.40. The lowest BCUT2D eigenvalue weighted by molar-refractivity contribution is 0.322. The van der Waals surface area contributed by atoms with Crippen molar-refractivity contribution in [2.75, 3.05) is 19.7 Å². The molecule has 0 aliphatic rings. The van der Waals surface area contributed by atoms with Crippen molar-refractivity contribution in [3.63, 3.8) is 0 Å². The predicted molar refractivity (Wildman–Crippen MR) is 133 cm³/mol. The molecule has 2 aromatic carbocycles. The minimum Gasteiger partial charge on any atom is -0.492 e. The summed E-state index contributed by atoms with van der Waals surface area (Å²) in [6.07, 6.45) is 5.59. The van der Waals surface area contributed by atoms with Gasteiger partial charge in [0.05, 0.1) is 19.4 Å². The number of ether oxygens (including phenoxy) is 1. The number of imidazole rings is 1. The molecular formula is C23H30IN5O. The highest BCUT2D eigenvalue weighted by Crippen LogP contribution is 2.11. The zero-order valence-electron chi connectivity index (χ0n) is 17.5. The van der Waals surface area contributed by atoms with E-state index in [4.69, 9.17) is 4.74 Å². The third-order valence-corrected chi connectivity index (χ3v) is 4.40.